The highest BCUT2D eigenvalue weighted by Gasteiger charge is 2.33. The van der Waals surface area contributed by atoms with Crippen molar-refractivity contribution in [3.8, 4) is 0 Å². The van der Waals surface area contributed by atoms with Gasteiger partial charge in [0.05, 0.1) is 17.7 Å². The number of amides is 1. The summed E-state index contributed by atoms with van der Waals surface area (Å²) in [5.74, 6) is -0.260. The zero-order valence-corrected chi connectivity index (χ0v) is 13.2. The molecular formula is C15H18BrFN2O2. The highest BCUT2D eigenvalue weighted by molar-refractivity contribution is 9.10. The third-order valence-electron chi connectivity index (χ3n) is 3.87. The zero-order chi connectivity index (χ0) is 14.8. The molecule has 21 heavy (non-hydrogen) atoms. The second-order valence-corrected chi connectivity index (χ2v) is 6.35. The summed E-state index contributed by atoms with van der Waals surface area (Å²) in [6.07, 6.45) is 2.13. The molecule has 4 nitrogen and oxygen atoms in total. The molecule has 0 radical (unpaired) electrons. The van der Waals surface area contributed by atoms with Crippen LogP contribution < -0.4 is 5.32 Å². The summed E-state index contributed by atoms with van der Waals surface area (Å²) in [5.41, 5.74) is 0.848. The molecule has 1 heterocycles. The van der Waals surface area contributed by atoms with Crippen LogP contribution in [0.15, 0.2) is 22.7 Å². The average Bonchev–Trinajstić information content (AvgIpc) is 3.28. The minimum atomic E-state index is -0.297. The molecule has 3 rings (SSSR count). The van der Waals surface area contributed by atoms with Gasteiger partial charge in [-0.25, -0.2) is 4.39 Å². The summed E-state index contributed by atoms with van der Waals surface area (Å²) < 4.78 is 19.5. The summed E-state index contributed by atoms with van der Waals surface area (Å²) in [6, 6.07) is 5.02. The first-order valence-electron chi connectivity index (χ1n) is 7.20. The van der Waals surface area contributed by atoms with Gasteiger partial charge < -0.3 is 10.1 Å². The van der Waals surface area contributed by atoms with Gasteiger partial charge in [0.2, 0.25) is 5.91 Å². The van der Waals surface area contributed by atoms with Crippen LogP contribution in [0.2, 0.25) is 0 Å². The minimum absolute atomic E-state index is 0.0183. The van der Waals surface area contributed by atoms with Crippen LogP contribution in [-0.2, 0) is 16.1 Å². The Kier molecular flexibility index (Phi) is 4.57. The van der Waals surface area contributed by atoms with Crippen LogP contribution in [0.25, 0.3) is 0 Å². The fourth-order valence-corrected chi connectivity index (χ4v) is 2.87. The largest absolute Gasteiger partial charge is 0.378 e. The van der Waals surface area contributed by atoms with Crippen molar-refractivity contribution in [3.63, 3.8) is 0 Å². The van der Waals surface area contributed by atoms with Gasteiger partial charge in [0.15, 0.2) is 0 Å². The van der Waals surface area contributed by atoms with E-state index < -0.39 is 0 Å². The molecule has 1 saturated carbocycles. The SMILES string of the molecule is O=C(NC1CC1)C1COCCN1Cc1cccc(F)c1Br. The zero-order valence-electron chi connectivity index (χ0n) is 11.6. The lowest BCUT2D eigenvalue weighted by atomic mass is 10.1. The monoisotopic (exact) mass is 356 g/mol. The van der Waals surface area contributed by atoms with Gasteiger partial charge >= 0.3 is 0 Å². The van der Waals surface area contributed by atoms with Crippen LogP contribution >= 0.6 is 15.9 Å². The Balaban J connectivity index is 1.71. The number of carbonyl (C=O) groups excluding carboxylic acids is 1. The quantitative estimate of drug-likeness (QED) is 0.897. The van der Waals surface area contributed by atoms with Crippen molar-refractivity contribution in [2.45, 2.75) is 31.5 Å². The Hall–Kier alpha value is -0.980. The first-order valence-corrected chi connectivity index (χ1v) is 7.99. The number of halogens is 2. The van der Waals surface area contributed by atoms with Gasteiger partial charge in [-0.2, -0.15) is 0 Å². The van der Waals surface area contributed by atoms with Crippen LogP contribution in [0.4, 0.5) is 4.39 Å². The lowest BCUT2D eigenvalue weighted by Crippen LogP contribution is -2.53. The fourth-order valence-electron chi connectivity index (χ4n) is 2.48. The van der Waals surface area contributed by atoms with Crippen LogP contribution in [0.1, 0.15) is 18.4 Å². The van der Waals surface area contributed by atoms with Gasteiger partial charge in [0.1, 0.15) is 11.9 Å². The fraction of sp³-hybridized carbons (Fsp3) is 0.533. The second kappa shape index (κ2) is 6.42. The summed E-state index contributed by atoms with van der Waals surface area (Å²) >= 11 is 3.28. The van der Waals surface area contributed by atoms with Crippen molar-refractivity contribution in [1.82, 2.24) is 10.2 Å². The number of nitrogens with zero attached hydrogens (tertiary/aromatic N) is 1. The molecule has 1 aromatic carbocycles. The average molecular weight is 357 g/mol. The van der Waals surface area contributed by atoms with Gasteiger partial charge in [-0.1, -0.05) is 12.1 Å². The Bertz CT molecular complexity index is 536. The Morgan fingerprint density at radius 1 is 1.48 bits per heavy atom. The van der Waals surface area contributed by atoms with E-state index in [0.29, 0.717) is 36.8 Å². The van der Waals surface area contributed by atoms with E-state index >= 15 is 0 Å². The number of nitrogens with one attached hydrogen (secondary N) is 1. The van der Waals surface area contributed by atoms with E-state index in [2.05, 4.69) is 26.1 Å². The lowest BCUT2D eigenvalue weighted by molar-refractivity contribution is -0.133. The molecule has 2 aliphatic rings. The van der Waals surface area contributed by atoms with Crippen molar-refractivity contribution < 1.29 is 13.9 Å². The number of morpholine rings is 1. The van der Waals surface area contributed by atoms with Crippen molar-refractivity contribution in [2.24, 2.45) is 0 Å². The smallest absolute Gasteiger partial charge is 0.239 e. The van der Waals surface area contributed by atoms with Crippen LogP contribution in [0.5, 0.6) is 0 Å². The van der Waals surface area contributed by atoms with E-state index in [0.717, 1.165) is 18.4 Å². The van der Waals surface area contributed by atoms with Crippen molar-refractivity contribution in [2.75, 3.05) is 19.8 Å². The van der Waals surface area contributed by atoms with Gasteiger partial charge in [-0.05, 0) is 40.4 Å². The maximum Gasteiger partial charge on any atom is 0.239 e. The molecular weight excluding hydrogens is 339 g/mol. The number of rotatable bonds is 4. The maximum absolute atomic E-state index is 13.6. The highest BCUT2D eigenvalue weighted by atomic mass is 79.9. The molecule has 1 amide bonds. The van der Waals surface area contributed by atoms with E-state index in [-0.39, 0.29) is 17.8 Å². The van der Waals surface area contributed by atoms with Crippen LogP contribution in [0.3, 0.4) is 0 Å². The van der Waals surface area contributed by atoms with Gasteiger partial charge in [0.25, 0.3) is 0 Å². The molecule has 2 fully saturated rings. The number of hydrogen-bond donors (Lipinski definition) is 1. The molecule has 1 aliphatic carbocycles. The van der Waals surface area contributed by atoms with Gasteiger partial charge in [-0.15, -0.1) is 0 Å². The lowest BCUT2D eigenvalue weighted by Gasteiger charge is -2.34. The van der Waals surface area contributed by atoms with Crippen LogP contribution in [0, 0.1) is 5.82 Å². The molecule has 1 atom stereocenters. The van der Waals surface area contributed by atoms with Crippen molar-refractivity contribution in [1.29, 1.82) is 0 Å². The van der Waals surface area contributed by atoms with Gasteiger partial charge in [-0.3, -0.25) is 9.69 Å². The van der Waals surface area contributed by atoms with Crippen molar-refractivity contribution >= 4 is 21.8 Å². The molecule has 0 aromatic heterocycles. The number of ether oxygens (including phenoxy) is 1. The van der Waals surface area contributed by atoms with E-state index in [9.17, 15) is 9.18 Å². The van der Waals surface area contributed by atoms with E-state index in [4.69, 9.17) is 4.74 Å². The molecule has 1 aliphatic heterocycles. The number of benzene rings is 1. The van der Waals surface area contributed by atoms with Gasteiger partial charge in [0, 0.05) is 19.1 Å². The summed E-state index contributed by atoms with van der Waals surface area (Å²) in [7, 11) is 0. The van der Waals surface area contributed by atoms with Crippen LogP contribution in [-0.4, -0.2) is 42.6 Å². The van der Waals surface area contributed by atoms with E-state index in [1.54, 1.807) is 6.07 Å². The Morgan fingerprint density at radius 3 is 3.05 bits per heavy atom. The van der Waals surface area contributed by atoms with E-state index in [1.807, 2.05) is 6.07 Å². The first-order chi connectivity index (χ1) is 10.1. The molecule has 6 heteroatoms. The highest BCUT2D eigenvalue weighted by Crippen LogP contribution is 2.24. The number of hydrogen-bond acceptors (Lipinski definition) is 3. The third-order valence-corrected chi connectivity index (χ3v) is 4.76. The van der Waals surface area contributed by atoms with Crippen molar-refractivity contribution in [3.05, 3.63) is 34.1 Å². The first kappa shape index (κ1) is 14.9. The topological polar surface area (TPSA) is 41.6 Å². The Morgan fingerprint density at radius 2 is 2.29 bits per heavy atom. The minimum Gasteiger partial charge on any atom is -0.378 e. The second-order valence-electron chi connectivity index (χ2n) is 5.56. The predicted octanol–water partition coefficient (Wildman–Crippen LogP) is 2.07. The maximum atomic E-state index is 13.6. The van der Waals surface area contributed by atoms with E-state index in [1.165, 1.54) is 6.07 Å². The molecule has 1 unspecified atom stereocenters. The Labute approximate surface area is 131 Å². The number of carbonyl (C=O) groups is 1. The molecule has 1 N–H and O–H groups in total. The molecule has 114 valence electrons. The predicted molar refractivity (Wildman–Crippen MR) is 80.3 cm³/mol. The molecule has 0 bridgehead atoms. The third kappa shape index (κ3) is 3.62. The molecule has 1 saturated heterocycles. The molecule has 1 aromatic rings. The summed E-state index contributed by atoms with van der Waals surface area (Å²) in [5, 5.41) is 3.02. The normalized spacial score (nSPS) is 23.0. The molecule has 0 spiro atoms. The summed E-state index contributed by atoms with van der Waals surface area (Å²) in [4.78, 5) is 14.3. The standard InChI is InChI=1S/C15H18BrFN2O2/c16-14-10(2-1-3-12(14)17)8-19-6-7-21-9-13(19)15(20)18-11-4-5-11/h1-3,11,13H,4-9H2,(H,18,20). The summed E-state index contributed by atoms with van der Waals surface area (Å²) in [6.45, 7) is 2.20.